The Labute approximate surface area is 182 Å². The van der Waals surface area contributed by atoms with Gasteiger partial charge < -0.3 is 14.6 Å². The average molecular weight is 450 g/mol. The van der Waals surface area contributed by atoms with Crippen molar-refractivity contribution in [1.29, 1.82) is 0 Å². The molecule has 2 aliphatic rings. The van der Waals surface area contributed by atoms with E-state index in [-0.39, 0.29) is 18.6 Å². The number of rotatable bonds is 7. The number of benzene rings is 1. The molecule has 2 aromatic rings. The van der Waals surface area contributed by atoms with Crippen LogP contribution >= 0.6 is 23.1 Å². The molecule has 1 fully saturated rings. The lowest BCUT2D eigenvalue weighted by Crippen LogP contribution is -2.39. The van der Waals surface area contributed by atoms with Gasteiger partial charge in [0, 0.05) is 18.3 Å². The quantitative estimate of drug-likeness (QED) is 0.593. The lowest BCUT2D eigenvalue weighted by Gasteiger charge is -2.29. The largest absolute Gasteiger partial charge is 0.481 e. The van der Waals surface area contributed by atoms with Crippen LogP contribution in [0, 0.1) is 5.92 Å². The summed E-state index contributed by atoms with van der Waals surface area (Å²) >= 11 is 2.45. The first-order chi connectivity index (χ1) is 14.6. The van der Waals surface area contributed by atoms with Gasteiger partial charge in [-0.1, -0.05) is 30.6 Å². The third-order valence-corrected chi connectivity index (χ3v) is 7.21. The number of thioether (sulfide) groups is 1. The Morgan fingerprint density at radius 2 is 2.03 bits per heavy atom. The van der Waals surface area contributed by atoms with Crippen LogP contribution in [0.1, 0.15) is 32.1 Å². The van der Waals surface area contributed by atoms with Gasteiger partial charge in [-0.15, -0.1) is 11.8 Å². The van der Waals surface area contributed by atoms with E-state index in [0.29, 0.717) is 29.1 Å². The molecule has 0 unspecified atom stereocenters. The molecule has 1 aliphatic heterocycles. The van der Waals surface area contributed by atoms with Crippen molar-refractivity contribution in [1.82, 2.24) is 4.98 Å². The molecule has 1 aromatic heterocycles. The zero-order valence-electron chi connectivity index (χ0n) is 16.3. The Kier molecular flexibility index (Phi) is 6.63. The molecule has 1 saturated carbocycles. The number of aromatic nitrogens is 1. The number of amides is 2. The molecule has 2 heterocycles. The molecule has 0 saturated heterocycles. The van der Waals surface area contributed by atoms with Crippen LogP contribution in [0.15, 0.2) is 28.6 Å². The second-order valence-corrected chi connectivity index (χ2v) is 9.56. The van der Waals surface area contributed by atoms with Gasteiger partial charge in [0.15, 0.2) is 16.6 Å². The number of carbonyl (C=O) groups excluding carboxylic acids is 1. The fourth-order valence-corrected chi connectivity index (χ4v) is 5.24. The number of fused-ring (bicyclic) bond motifs is 1. The van der Waals surface area contributed by atoms with Gasteiger partial charge in [-0.05, 0) is 30.9 Å². The van der Waals surface area contributed by atoms with E-state index < -0.39 is 5.97 Å². The van der Waals surface area contributed by atoms with Gasteiger partial charge in [0.2, 0.25) is 6.79 Å². The maximum absolute atomic E-state index is 13.2. The normalized spacial score (nSPS) is 15.7. The molecule has 1 aromatic carbocycles. The molecule has 4 rings (SSSR count). The highest BCUT2D eigenvalue weighted by molar-refractivity contribution is 8.01. The number of carbonyl (C=O) groups is 2. The molecule has 30 heavy (non-hydrogen) atoms. The smallest absolute Gasteiger partial charge is 0.328 e. The number of anilines is 2. The molecule has 0 bridgehead atoms. The molecule has 160 valence electrons. The third-order valence-electron chi connectivity index (χ3n) is 5.11. The first-order valence-electron chi connectivity index (χ1n) is 9.87. The molecule has 2 N–H and O–H groups in total. The number of nitrogens with zero attached hydrogens (tertiary/aromatic N) is 2. The molecule has 1 aliphatic carbocycles. The topological polar surface area (TPSA) is 101 Å². The van der Waals surface area contributed by atoms with Gasteiger partial charge in [-0.2, -0.15) is 0 Å². The number of aliphatic carboxylic acids is 1. The van der Waals surface area contributed by atoms with Gasteiger partial charge in [0.1, 0.15) is 0 Å². The van der Waals surface area contributed by atoms with Crippen LogP contribution in [0.4, 0.5) is 15.6 Å². The third kappa shape index (κ3) is 5.17. The van der Waals surface area contributed by atoms with Crippen molar-refractivity contribution in [3.8, 4) is 11.5 Å². The highest BCUT2D eigenvalue weighted by atomic mass is 32.2. The number of urea groups is 1. The minimum atomic E-state index is -0.888. The SMILES string of the molecule is O=C(O)CSc1cnc(NC(=O)N(CC2CCCCC2)c2ccc3c(c2)OCO3)s1. The zero-order valence-corrected chi connectivity index (χ0v) is 18.0. The maximum atomic E-state index is 13.2. The van der Waals surface area contributed by atoms with Crippen molar-refractivity contribution in [2.24, 2.45) is 5.92 Å². The Morgan fingerprint density at radius 3 is 2.83 bits per heavy atom. The molecule has 0 spiro atoms. The van der Waals surface area contributed by atoms with E-state index in [1.165, 1.54) is 42.4 Å². The average Bonchev–Trinajstić information content (AvgIpc) is 3.39. The maximum Gasteiger partial charge on any atom is 0.328 e. The Balaban J connectivity index is 1.49. The number of hydrogen-bond acceptors (Lipinski definition) is 7. The number of nitrogens with one attached hydrogen (secondary N) is 1. The van der Waals surface area contributed by atoms with E-state index in [1.54, 1.807) is 11.1 Å². The molecule has 10 heteroatoms. The minimum Gasteiger partial charge on any atom is -0.481 e. The second-order valence-electron chi connectivity index (χ2n) is 7.25. The molecule has 2 amide bonds. The predicted molar refractivity (Wildman–Crippen MR) is 116 cm³/mol. The van der Waals surface area contributed by atoms with Crippen LogP contribution in [-0.2, 0) is 4.79 Å². The van der Waals surface area contributed by atoms with Crippen molar-refractivity contribution in [3.63, 3.8) is 0 Å². The van der Waals surface area contributed by atoms with Crippen LogP contribution in [-0.4, -0.2) is 41.2 Å². The van der Waals surface area contributed by atoms with E-state index in [2.05, 4.69) is 10.3 Å². The lowest BCUT2D eigenvalue weighted by atomic mass is 9.89. The summed E-state index contributed by atoms with van der Waals surface area (Å²) in [5, 5.41) is 12.1. The predicted octanol–water partition coefficient (Wildman–Crippen LogP) is 4.67. The first kappa shape index (κ1) is 20.8. The van der Waals surface area contributed by atoms with Crippen molar-refractivity contribution in [2.75, 3.05) is 29.3 Å². The van der Waals surface area contributed by atoms with Crippen molar-refractivity contribution < 1.29 is 24.2 Å². The highest BCUT2D eigenvalue weighted by Gasteiger charge is 2.25. The van der Waals surface area contributed by atoms with Gasteiger partial charge in [-0.25, -0.2) is 9.78 Å². The molecule has 0 atom stereocenters. The monoisotopic (exact) mass is 449 g/mol. The van der Waals surface area contributed by atoms with E-state index in [0.717, 1.165) is 22.7 Å². The molecular formula is C20H23N3O5S2. The number of ether oxygens (including phenoxy) is 2. The zero-order chi connectivity index (χ0) is 20.9. The number of hydrogen-bond donors (Lipinski definition) is 2. The van der Waals surface area contributed by atoms with E-state index in [4.69, 9.17) is 14.6 Å². The van der Waals surface area contributed by atoms with E-state index >= 15 is 0 Å². The fraction of sp³-hybridized carbons (Fsp3) is 0.450. The van der Waals surface area contributed by atoms with Crippen LogP contribution in [0.2, 0.25) is 0 Å². The van der Waals surface area contributed by atoms with Crippen LogP contribution in [0.5, 0.6) is 11.5 Å². The van der Waals surface area contributed by atoms with Crippen LogP contribution in [0.25, 0.3) is 0 Å². The summed E-state index contributed by atoms with van der Waals surface area (Å²) in [6.07, 6.45) is 7.45. The second kappa shape index (κ2) is 9.57. The summed E-state index contributed by atoms with van der Waals surface area (Å²) in [4.78, 5) is 29.9. The summed E-state index contributed by atoms with van der Waals surface area (Å²) in [6.45, 7) is 0.807. The Hall–Kier alpha value is -2.46. The van der Waals surface area contributed by atoms with Crippen molar-refractivity contribution in [3.05, 3.63) is 24.4 Å². The summed E-state index contributed by atoms with van der Waals surface area (Å²) in [5.74, 6) is 0.835. The van der Waals surface area contributed by atoms with Gasteiger partial charge >= 0.3 is 12.0 Å². The molecule has 0 radical (unpaired) electrons. The van der Waals surface area contributed by atoms with Gasteiger partial charge in [0.25, 0.3) is 0 Å². The van der Waals surface area contributed by atoms with Crippen molar-refractivity contribution >= 4 is 45.9 Å². The number of carboxylic acids is 1. The van der Waals surface area contributed by atoms with Crippen LogP contribution in [0.3, 0.4) is 0 Å². The standard InChI is InChI=1S/C20H23N3O5S2/c24-17(25)11-29-18-9-21-19(30-18)22-20(26)23(10-13-4-2-1-3-5-13)14-6-7-15-16(8-14)28-12-27-15/h6-9,13H,1-5,10-12H2,(H,24,25)(H,21,22,26). The molecule has 8 nitrogen and oxygen atoms in total. The van der Waals surface area contributed by atoms with Gasteiger partial charge in [0.05, 0.1) is 16.2 Å². The first-order valence-corrected chi connectivity index (χ1v) is 11.7. The van der Waals surface area contributed by atoms with E-state index in [1.807, 2.05) is 18.2 Å². The summed E-state index contributed by atoms with van der Waals surface area (Å²) in [6, 6.07) is 5.26. The Bertz CT molecular complexity index is 914. The van der Waals surface area contributed by atoms with Gasteiger partial charge in [-0.3, -0.25) is 15.0 Å². The Morgan fingerprint density at radius 1 is 1.23 bits per heavy atom. The highest BCUT2D eigenvalue weighted by Crippen LogP contribution is 2.37. The number of thiazole rings is 1. The van der Waals surface area contributed by atoms with Crippen molar-refractivity contribution in [2.45, 2.75) is 36.3 Å². The summed E-state index contributed by atoms with van der Waals surface area (Å²) in [5.41, 5.74) is 0.749. The summed E-state index contributed by atoms with van der Waals surface area (Å²) in [7, 11) is 0. The minimum absolute atomic E-state index is 0.0411. The lowest BCUT2D eigenvalue weighted by molar-refractivity contribution is -0.133. The number of carboxylic acid groups (broad SMARTS) is 1. The molecular weight excluding hydrogens is 426 g/mol. The summed E-state index contributed by atoms with van der Waals surface area (Å²) < 4.78 is 11.6. The fourth-order valence-electron chi connectivity index (χ4n) is 3.66. The van der Waals surface area contributed by atoms with Crippen LogP contribution < -0.4 is 19.7 Å². The van der Waals surface area contributed by atoms with E-state index in [9.17, 15) is 9.59 Å².